The second-order valence-corrected chi connectivity index (χ2v) is 9.10. The molecular weight excluding hydrogens is 380 g/mol. The highest BCUT2D eigenvalue weighted by Gasteiger charge is 2.31. The van der Waals surface area contributed by atoms with Gasteiger partial charge < -0.3 is 5.11 Å². The molecule has 1 aromatic heterocycles. The number of aromatic nitrogens is 2. The van der Waals surface area contributed by atoms with Crippen LogP contribution in [0, 0.1) is 13.8 Å². The maximum Gasteiger partial charge on any atom is 0.200 e. The third kappa shape index (κ3) is 3.40. The molecule has 0 unspecified atom stereocenters. The van der Waals surface area contributed by atoms with Crippen LogP contribution in [0.5, 0.6) is 0 Å². The highest BCUT2D eigenvalue weighted by Crippen LogP contribution is 2.36. The summed E-state index contributed by atoms with van der Waals surface area (Å²) in [6, 6.07) is 3.15. The summed E-state index contributed by atoms with van der Waals surface area (Å²) in [6.45, 7) is 3.24. The van der Waals surface area contributed by atoms with E-state index in [9.17, 15) is 23.1 Å². The number of nitrogens with zero attached hydrogens (tertiary/aromatic N) is 2. The number of sulfone groups is 1. The molecule has 7 nitrogen and oxygen atoms in total. The molecule has 1 N–H and O–H groups in total. The Labute approximate surface area is 163 Å². The standard InChI is InChI=1S/C20H22N2O5S/c1-11-10-13(19(25)18-15(23)6-5-7-16(18)24)12(2)17(20(11)28(4,26)27)14-8-9-22(3)21-14/h8-10,23H,5-7H2,1-4H3. The molecule has 0 atom stereocenters. The summed E-state index contributed by atoms with van der Waals surface area (Å²) < 4.78 is 26.5. The highest BCUT2D eigenvalue weighted by atomic mass is 32.2. The van der Waals surface area contributed by atoms with Crippen LogP contribution < -0.4 is 0 Å². The first-order chi connectivity index (χ1) is 13.0. The van der Waals surface area contributed by atoms with Crippen molar-refractivity contribution >= 4 is 21.4 Å². The van der Waals surface area contributed by atoms with E-state index < -0.39 is 21.4 Å². The first-order valence-electron chi connectivity index (χ1n) is 8.86. The minimum Gasteiger partial charge on any atom is -0.511 e. The predicted molar refractivity (Wildman–Crippen MR) is 104 cm³/mol. The average Bonchev–Trinajstić information content (AvgIpc) is 3.00. The third-order valence-corrected chi connectivity index (χ3v) is 6.19. The van der Waals surface area contributed by atoms with Crippen LogP contribution in [0.2, 0.25) is 0 Å². The van der Waals surface area contributed by atoms with Crippen LogP contribution in [0.15, 0.2) is 34.6 Å². The van der Waals surface area contributed by atoms with Crippen LogP contribution in [-0.2, 0) is 21.7 Å². The number of Topliss-reactive ketones (excluding diaryl/α,β-unsaturated/α-hetero) is 2. The van der Waals surface area contributed by atoms with E-state index in [1.165, 1.54) is 6.07 Å². The monoisotopic (exact) mass is 402 g/mol. The Morgan fingerprint density at radius 1 is 1.25 bits per heavy atom. The number of ketones is 2. The molecule has 148 valence electrons. The molecule has 1 aliphatic carbocycles. The number of rotatable bonds is 4. The van der Waals surface area contributed by atoms with Crippen molar-refractivity contribution in [2.45, 2.75) is 38.0 Å². The number of carbonyl (C=O) groups excluding carboxylic acids is 2. The van der Waals surface area contributed by atoms with Crippen molar-refractivity contribution in [2.75, 3.05) is 6.26 Å². The lowest BCUT2D eigenvalue weighted by atomic mass is 9.86. The Balaban J connectivity index is 2.32. The molecule has 0 aliphatic heterocycles. The summed E-state index contributed by atoms with van der Waals surface area (Å²) in [4.78, 5) is 25.5. The molecule has 8 heteroatoms. The average molecular weight is 402 g/mol. The number of allylic oxidation sites excluding steroid dienone is 2. The molecule has 2 aromatic rings. The Hall–Kier alpha value is -2.74. The lowest BCUT2D eigenvalue weighted by Gasteiger charge is -2.19. The minimum absolute atomic E-state index is 0.105. The topological polar surface area (TPSA) is 106 Å². The van der Waals surface area contributed by atoms with Gasteiger partial charge in [0.1, 0.15) is 11.3 Å². The highest BCUT2D eigenvalue weighted by molar-refractivity contribution is 7.91. The lowest BCUT2D eigenvalue weighted by Crippen LogP contribution is -2.21. The van der Waals surface area contributed by atoms with Crippen molar-refractivity contribution in [3.05, 3.63) is 46.4 Å². The molecule has 1 aromatic carbocycles. The van der Waals surface area contributed by atoms with Gasteiger partial charge in [0.05, 0.1) is 10.6 Å². The van der Waals surface area contributed by atoms with Crippen LogP contribution in [-0.4, -0.2) is 41.1 Å². The van der Waals surface area contributed by atoms with Crippen LogP contribution in [0.3, 0.4) is 0 Å². The minimum atomic E-state index is -3.60. The molecule has 1 heterocycles. The zero-order valence-electron chi connectivity index (χ0n) is 16.2. The molecular formula is C20H22N2O5S. The van der Waals surface area contributed by atoms with Gasteiger partial charge in [0.25, 0.3) is 0 Å². The summed E-state index contributed by atoms with van der Waals surface area (Å²) in [5.74, 6) is -1.18. The molecule has 1 aliphatic rings. The Morgan fingerprint density at radius 2 is 1.93 bits per heavy atom. The number of aryl methyl sites for hydroxylation is 2. The van der Waals surface area contributed by atoms with E-state index in [1.807, 2.05) is 0 Å². The number of hydrogen-bond acceptors (Lipinski definition) is 6. The van der Waals surface area contributed by atoms with Gasteiger partial charge in [-0.05, 0) is 43.5 Å². The van der Waals surface area contributed by atoms with Crippen LogP contribution in [0.1, 0.15) is 40.7 Å². The molecule has 0 saturated carbocycles. The SMILES string of the molecule is Cc1cc(C(=O)C2=C(O)CCCC2=O)c(C)c(-c2ccn(C)n2)c1S(C)(=O)=O. The summed E-state index contributed by atoms with van der Waals surface area (Å²) in [5, 5.41) is 14.4. The molecule has 0 fully saturated rings. The Morgan fingerprint density at radius 3 is 2.46 bits per heavy atom. The van der Waals surface area contributed by atoms with Crippen LogP contribution >= 0.6 is 0 Å². The van der Waals surface area contributed by atoms with Gasteiger partial charge in [0.2, 0.25) is 0 Å². The fourth-order valence-corrected chi connectivity index (χ4v) is 4.95. The number of benzene rings is 1. The van der Waals surface area contributed by atoms with Crippen LogP contribution in [0.4, 0.5) is 0 Å². The van der Waals surface area contributed by atoms with Gasteiger partial charge in [0, 0.05) is 43.5 Å². The van der Waals surface area contributed by atoms with Gasteiger partial charge in [-0.25, -0.2) is 8.42 Å². The molecule has 3 rings (SSSR count). The van der Waals surface area contributed by atoms with E-state index in [4.69, 9.17) is 0 Å². The first kappa shape index (κ1) is 20.0. The van der Waals surface area contributed by atoms with Crippen molar-refractivity contribution in [1.29, 1.82) is 0 Å². The molecule has 0 spiro atoms. The van der Waals surface area contributed by atoms with E-state index in [0.29, 0.717) is 28.8 Å². The van der Waals surface area contributed by atoms with Crippen molar-refractivity contribution < 1.29 is 23.1 Å². The zero-order valence-corrected chi connectivity index (χ0v) is 17.1. The number of aliphatic hydroxyl groups is 1. The maximum absolute atomic E-state index is 13.1. The molecule has 0 amide bonds. The van der Waals surface area contributed by atoms with Crippen molar-refractivity contribution in [1.82, 2.24) is 9.78 Å². The van der Waals surface area contributed by atoms with Crippen molar-refractivity contribution in [3.8, 4) is 11.3 Å². The lowest BCUT2D eigenvalue weighted by molar-refractivity contribution is -0.116. The summed E-state index contributed by atoms with van der Waals surface area (Å²) in [7, 11) is -1.89. The second-order valence-electron chi connectivity index (χ2n) is 7.14. The molecule has 28 heavy (non-hydrogen) atoms. The first-order valence-corrected chi connectivity index (χ1v) is 10.8. The van der Waals surface area contributed by atoms with E-state index in [1.54, 1.807) is 37.8 Å². The Kier molecular flexibility index (Phi) is 5.01. The van der Waals surface area contributed by atoms with E-state index in [-0.39, 0.29) is 34.6 Å². The van der Waals surface area contributed by atoms with Gasteiger partial charge >= 0.3 is 0 Å². The molecule has 0 saturated heterocycles. The van der Waals surface area contributed by atoms with Gasteiger partial charge in [-0.1, -0.05) is 0 Å². The van der Waals surface area contributed by atoms with E-state index in [2.05, 4.69) is 5.10 Å². The maximum atomic E-state index is 13.1. The van der Waals surface area contributed by atoms with Gasteiger partial charge in [0.15, 0.2) is 21.4 Å². The summed E-state index contributed by atoms with van der Waals surface area (Å²) in [5.41, 5.74) is 1.56. The molecule has 0 radical (unpaired) electrons. The number of carbonyl (C=O) groups is 2. The van der Waals surface area contributed by atoms with Gasteiger partial charge in [-0.2, -0.15) is 5.10 Å². The predicted octanol–water partition coefficient (Wildman–Crippen LogP) is 2.86. The summed E-state index contributed by atoms with van der Waals surface area (Å²) >= 11 is 0. The molecule has 0 bridgehead atoms. The fraction of sp³-hybridized carbons (Fsp3) is 0.350. The van der Waals surface area contributed by atoms with E-state index >= 15 is 0 Å². The number of aliphatic hydroxyl groups excluding tert-OH is 1. The normalized spacial score (nSPS) is 15.2. The van der Waals surface area contributed by atoms with Gasteiger partial charge in [-0.3, -0.25) is 14.3 Å². The van der Waals surface area contributed by atoms with Crippen molar-refractivity contribution in [3.63, 3.8) is 0 Å². The summed E-state index contributed by atoms with van der Waals surface area (Å²) in [6.07, 6.45) is 3.79. The second kappa shape index (κ2) is 7.01. The third-order valence-electron chi connectivity index (χ3n) is 4.92. The van der Waals surface area contributed by atoms with Gasteiger partial charge in [-0.15, -0.1) is 0 Å². The van der Waals surface area contributed by atoms with Crippen LogP contribution in [0.25, 0.3) is 11.3 Å². The largest absolute Gasteiger partial charge is 0.511 e. The fourth-order valence-electron chi connectivity index (χ4n) is 3.68. The van der Waals surface area contributed by atoms with Crippen molar-refractivity contribution in [2.24, 2.45) is 7.05 Å². The Bertz CT molecular complexity index is 1140. The zero-order chi connectivity index (χ0) is 20.8. The number of hydrogen-bond donors (Lipinski definition) is 1. The smallest absolute Gasteiger partial charge is 0.200 e. The quantitative estimate of drug-likeness (QED) is 0.623. The van der Waals surface area contributed by atoms with E-state index in [0.717, 1.165) is 6.26 Å².